The largest absolute Gasteiger partial charge is 0.495 e. The van der Waals surface area contributed by atoms with E-state index in [1.165, 1.54) is 0 Å². The zero-order chi connectivity index (χ0) is 13.9. The normalized spacial score (nSPS) is 10.5. The van der Waals surface area contributed by atoms with Crippen LogP contribution in [0.4, 0.5) is 11.5 Å². The van der Waals surface area contributed by atoms with Gasteiger partial charge in [0.05, 0.1) is 18.3 Å². The number of ether oxygens (including phenoxy) is 1. The minimum atomic E-state index is 0.777. The number of methoxy groups -OCH3 is 1. The number of aromatic nitrogens is 2. The first-order valence-corrected chi connectivity index (χ1v) is 6.39. The second kappa shape index (κ2) is 5.17. The Kier molecular flexibility index (Phi) is 3.21. The Morgan fingerprint density at radius 3 is 2.75 bits per heavy atom. The second-order valence-corrected chi connectivity index (χ2v) is 4.57. The maximum Gasteiger partial charge on any atom is 0.142 e. The van der Waals surface area contributed by atoms with Crippen LogP contribution in [0, 0.1) is 6.92 Å². The first-order chi connectivity index (χ1) is 9.78. The van der Waals surface area contributed by atoms with Crippen LogP contribution < -0.4 is 10.1 Å². The lowest BCUT2D eigenvalue weighted by atomic mass is 10.2. The summed E-state index contributed by atoms with van der Waals surface area (Å²) in [6.07, 6.45) is 1.56. The van der Waals surface area contributed by atoms with Crippen LogP contribution >= 0.6 is 0 Å². The Hall–Kier alpha value is -2.62. The minimum absolute atomic E-state index is 0.777. The molecule has 1 heterocycles. The fourth-order valence-electron chi connectivity index (χ4n) is 2.15. The Balaban J connectivity index is 2.07. The van der Waals surface area contributed by atoms with Crippen LogP contribution in [0.1, 0.15) is 5.56 Å². The maximum atomic E-state index is 5.38. The second-order valence-electron chi connectivity index (χ2n) is 4.57. The van der Waals surface area contributed by atoms with Crippen LogP contribution in [0.15, 0.2) is 48.8 Å². The molecule has 0 fully saturated rings. The molecule has 1 aromatic heterocycles. The predicted octanol–water partition coefficient (Wildman–Crippen LogP) is 3.69. The summed E-state index contributed by atoms with van der Waals surface area (Å²) in [4.78, 5) is 8.59. The Labute approximate surface area is 117 Å². The molecule has 0 saturated heterocycles. The molecule has 0 amide bonds. The molecule has 0 atom stereocenters. The highest BCUT2D eigenvalue weighted by atomic mass is 16.5. The van der Waals surface area contributed by atoms with Crippen LogP contribution in [0.5, 0.6) is 5.75 Å². The van der Waals surface area contributed by atoms with Crippen molar-refractivity contribution >= 4 is 22.4 Å². The average molecular weight is 265 g/mol. The summed E-state index contributed by atoms with van der Waals surface area (Å²) in [7, 11) is 1.66. The summed E-state index contributed by atoms with van der Waals surface area (Å²) in [6, 6.07) is 13.9. The molecule has 0 bridgehead atoms. The Bertz CT molecular complexity index is 750. The van der Waals surface area contributed by atoms with Crippen molar-refractivity contribution in [2.75, 3.05) is 12.4 Å². The monoisotopic (exact) mass is 265 g/mol. The smallest absolute Gasteiger partial charge is 0.142 e. The van der Waals surface area contributed by atoms with Gasteiger partial charge in [0.15, 0.2) is 0 Å². The third-order valence-corrected chi connectivity index (χ3v) is 3.15. The number of rotatable bonds is 3. The van der Waals surface area contributed by atoms with E-state index >= 15 is 0 Å². The molecule has 20 heavy (non-hydrogen) atoms. The van der Waals surface area contributed by atoms with E-state index in [0.29, 0.717) is 0 Å². The number of anilines is 2. The van der Waals surface area contributed by atoms with Gasteiger partial charge in [-0.3, -0.25) is 0 Å². The summed E-state index contributed by atoms with van der Waals surface area (Å²) in [6.45, 7) is 2.04. The van der Waals surface area contributed by atoms with Gasteiger partial charge in [-0.15, -0.1) is 0 Å². The summed E-state index contributed by atoms with van der Waals surface area (Å²) in [5, 5.41) is 4.32. The lowest BCUT2D eigenvalue weighted by molar-refractivity contribution is 0.416. The molecule has 3 aromatic rings. The number of nitrogens with one attached hydrogen (secondary N) is 1. The fraction of sp³-hybridized carbons (Fsp3) is 0.125. The van der Waals surface area contributed by atoms with Gasteiger partial charge in [0, 0.05) is 5.39 Å². The van der Waals surface area contributed by atoms with Gasteiger partial charge in [-0.25, -0.2) is 9.97 Å². The van der Waals surface area contributed by atoms with Crippen LogP contribution in [-0.2, 0) is 0 Å². The molecule has 0 aliphatic rings. The molecule has 4 nitrogen and oxygen atoms in total. The molecule has 3 rings (SSSR count). The predicted molar refractivity (Wildman–Crippen MR) is 80.6 cm³/mol. The SMILES string of the molecule is COc1ccc(C)cc1Nc1ncnc2ccccc12. The van der Waals surface area contributed by atoms with E-state index in [0.717, 1.165) is 33.7 Å². The quantitative estimate of drug-likeness (QED) is 0.784. The van der Waals surface area contributed by atoms with Crippen molar-refractivity contribution in [2.45, 2.75) is 6.92 Å². The van der Waals surface area contributed by atoms with E-state index in [4.69, 9.17) is 4.74 Å². The molecule has 0 saturated carbocycles. The van der Waals surface area contributed by atoms with E-state index in [1.807, 2.05) is 49.4 Å². The van der Waals surface area contributed by atoms with Crippen LogP contribution in [-0.4, -0.2) is 17.1 Å². The van der Waals surface area contributed by atoms with Gasteiger partial charge in [-0.1, -0.05) is 18.2 Å². The van der Waals surface area contributed by atoms with Crippen molar-refractivity contribution in [2.24, 2.45) is 0 Å². The molecular weight excluding hydrogens is 250 g/mol. The molecule has 0 unspecified atom stereocenters. The first-order valence-electron chi connectivity index (χ1n) is 6.39. The minimum Gasteiger partial charge on any atom is -0.495 e. The van der Waals surface area contributed by atoms with Crippen molar-refractivity contribution in [3.05, 3.63) is 54.4 Å². The van der Waals surface area contributed by atoms with Gasteiger partial charge >= 0.3 is 0 Å². The molecule has 100 valence electrons. The number of nitrogens with zero attached hydrogens (tertiary/aromatic N) is 2. The van der Waals surface area contributed by atoms with Gasteiger partial charge in [0.2, 0.25) is 0 Å². The Morgan fingerprint density at radius 1 is 1.05 bits per heavy atom. The summed E-state index contributed by atoms with van der Waals surface area (Å²) < 4.78 is 5.38. The molecule has 0 aliphatic carbocycles. The highest BCUT2D eigenvalue weighted by Crippen LogP contribution is 2.30. The van der Waals surface area contributed by atoms with Gasteiger partial charge in [-0.2, -0.15) is 0 Å². The molecule has 0 aliphatic heterocycles. The lowest BCUT2D eigenvalue weighted by Crippen LogP contribution is -1.98. The van der Waals surface area contributed by atoms with E-state index < -0.39 is 0 Å². The standard InChI is InChI=1S/C16H15N3O/c1-11-7-8-15(20-2)14(9-11)19-16-12-5-3-4-6-13(12)17-10-18-16/h3-10H,1-2H3,(H,17,18,19). The van der Waals surface area contributed by atoms with Crippen molar-refractivity contribution in [3.63, 3.8) is 0 Å². The highest BCUT2D eigenvalue weighted by Gasteiger charge is 2.07. The summed E-state index contributed by atoms with van der Waals surface area (Å²) in [5.74, 6) is 1.57. The summed E-state index contributed by atoms with van der Waals surface area (Å²) >= 11 is 0. The van der Waals surface area contributed by atoms with Crippen LogP contribution in [0.2, 0.25) is 0 Å². The molecule has 4 heteroatoms. The fourth-order valence-corrected chi connectivity index (χ4v) is 2.15. The number of benzene rings is 2. The topological polar surface area (TPSA) is 47.0 Å². The van der Waals surface area contributed by atoms with Crippen LogP contribution in [0.3, 0.4) is 0 Å². The van der Waals surface area contributed by atoms with Crippen LogP contribution in [0.25, 0.3) is 10.9 Å². The zero-order valence-electron chi connectivity index (χ0n) is 11.4. The van der Waals surface area contributed by atoms with E-state index in [1.54, 1.807) is 13.4 Å². The lowest BCUT2D eigenvalue weighted by Gasteiger charge is -2.12. The van der Waals surface area contributed by atoms with Gasteiger partial charge < -0.3 is 10.1 Å². The molecule has 0 spiro atoms. The van der Waals surface area contributed by atoms with Crippen molar-refractivity contribution in [1.29, 1.82) is 0 Å². The number of hydrogen-bond donors (Lipinski definition) is 1. The average Bonchev–Trinajstić information content (AvgIpc) is 2.48. The van der Waals surface area contributed by atoms with Crippen molar-refractivity contribution < 1.29 is 4.74 Å². The van der Waals surface area contributed by atoms with E-state index in [2.05, 4.69) is 15.3 Å². The van der Waals surface area contributed by atoms with E-state index in [9.17, 15) is 0 Å². The van der Waals surface area contributed by atoms with Gasteiger partial charge in [-0.05, 0) is 36.8 Å². The Morgan fingerprint density at radius 2 is 1.90 bits per heavy atom. The van der Waals surface area contributed by atoms with Gasteiger partial charge in [0.1, 0.15) is 17.9 Å². The molecule has 0 radical (unpaired) electrons. The number of fused-ring (bicyclic) bond motifs is 1. The van der Waals surface area contributed by atoms with Gasteiger partial charge in [0.25, 0.3) is 0 Å². The zero-order valence-corrected chi connectivity index (χ0v) is 11.4. The number of aryl methyl sites for hydroxylation is 1. The first kappa shape index (κ1) is 12.4. The number of para-hydroxylation sites is 1. The maximum absolute atomic E-state index is 5.38. The molecule has 1 N–H and O–H groups in total. The molecule has 2 aromatic carbocycles. The third-order valence-electron chi connectivity index (χ3n) is 3.15. The molecular formula is C16H15N3O. The van der Waals surface area contributed by atoms with Crippen molar-refractivity contribution in [1.82, 2.24) is 9.97 Å². The van der Waals surface area contributed by atoms with Crippen molar-refractivity contribution in [3.8, 4) is 5.75 Å². The highest BCUT2D eigenvalue weighted by molar-refractivity contribution is 5.91. The van der Waals surface area contributed by atoms with E-state index in [-0.39, 0.29) is 0 Å². The third kappa shape index (κ3) is 2.28. The number of hydrogen-bond acceptors (Lipinski definition) is 4. The summed E-state index contributed by atoms with van der Waals surface area (Å²) in [5.41, 5.74) is 2.97.